The molecule has 0 unspecified atom stereocenters. The lowest BCUT2D eigenvalue weighted by Crippen LogP contribution is -2.34. The predicted octanol–water partition coefficient (Wildman–Crippen LogP) is 6.01. The molecule has 2 aliphatic rings. The van der Waals surface area contributed by atoms with Gasteiger partial charge in [-0.2, -0.15) is 5.10 Å². The largest absolute Gasteiger partial charge is 0.328 e. The SMILES string of the molecule is CCC1=C(c2ccn(C)n2)CN=C(c2nccs2)N1CC.Fc1cccc(Cl)c1.NSC1CC1. The molecule has 0 bridgehead atoms. The van der Waals surface area contributed by atoms with Crippen LogP contribution in [0, 0.1) is 5.82 Å². The fourth-order valence-electron chi connectivity index (χ4n) is 3.35. The van der Waals surface area contributed by atoms with Gasteiger partial charge < -0.3 is 4.90 Å². The normalized spacial score (nSPS) is 15.2. The van der Waals surface area contributed by atoms with Gasteiger partial charge in [-0.15, -0.1) is 11.3 Å². The van der Waals surface area contributed by atoms with Crippen LogP contribution in [-0.4, -0.2) is 43.8 Å². The third-order valence-electron chi connectivity index (χ3n) is 5.12. The molecule has 0 radical (unpaired) electrons. The Morgan fingerprint density at radius 3 is 2.50 bits per heavy atom. The summed E-state index contributed by atoms with van der Waals surface area (Å²) in [6.45, 7) is 5.90. The number of rotatable bonds is 5. The minimum absolute atomic E-state index is 0.294. The molecule has 1 aliphatic heterocycles. The molecule has 3 heterocycles. The molecule has 0 amide bonds. The third-order valence-corrected chi connectivity index (χ3v) is 6.98. The van der Waals surface area contributed by atoms with Gasteiger partial charge >= 0.3 is 0 Å². The second kappa shape index (κ2) is 13.0. The molecule has 34 heavy (non-hydrogen) atoms. The Hall–Kier alpha value is -2.20. The summed E-state index contributed by atoms with van der Waals surface area (Å²) in [7, 11) is 1.94. The van der Waals surface area contributed by atoms with Gasteiger partial charge in [0.25, 0.3) is 0 Å². The molecule has 0 spiro atoms. The van der Waals surface area contributed by atoms with E-state index in [1.54, 1.807) is 23.5 Å². The van der Waals surface area contributed by atoms with Crippen LogP contribution in [0.25, 0.3) is 5.57 Å². The van der Waals surface area contributed by atoms with E-state index in [9.17, 15) is 4.39 Å². The molecule has 10 heteroatoms. The molecular formula is C24H30ClFN6S2. The van der Waals surface area contributed by atoms with Crippen molar-refractivity contribution in [1.82, 2.24) is 19.7 Å². The number of nitrogens with zero attached hydrogens (tertiary/aromatic N) is 5. The topological polar surface area (TPSA) is 72.3 Å². The molecule has 2 aromatic heterocycles. The van der Waals surface area contributed by atoms with Gasteiger partial charge in [0.15, 0.2) is 10.8 Å². The summed E-state index contributed by atoms with van der Waals surface area (Å²) < 4.78 is 13.9. The van der Waals surface area contributed by atoms with Gasteiger partial charge in [0.2, 0.25) is 0 Å². The fraction of sp³-hybridized carbons (Fsp3) is 0.375. The number of allylic oxidation sites excluding steroid dienone is 1. The van der Waals surface area contributed by atoms with Crippen LogP contribution in [0.3, 0.4) is 0 Å². The number of nitrogens with two attached hydrogens (primary N) is 1. The number of hydrogen-bond acceptors (Lipinski definition) is 7. The maximum Gasteiger partial charge on any atom is 0.165 e. The van der Waals surface area contributed by atoms with Crippen LogP contribution in [0.15, 0.2) is 58.8 Å². The van der Waals surface area contributed by atoms with Crippen LogP contribution in [0.1, 0.15) is 43.8 Å². The highest BCUT2D eigenvalue weighted by Gasteiger charge is 2.25. The molecule has 0 saturated heterocycles. The minimum atomic E-state index is -0.294. The molecule has 6 nitrogen and oxygen atoms in total. The Labute approximate surface area is 213 Å². The number of amidine groups is 1. The fourth-order valence-corrected chi connectivity index (χ4v) is 4.59. The second-order valence-electron chi connectivity index (χ2n) is 7.65. The first-order chi connectivity index (χ1) is 16.5. The first kappa shape index (κ1) is 26.4. The van der Waals surface area contributed by atoms with E-state index in [0.717, 1.165) is 34.8 Å². The summed E-state index contributed by atoms with van der Waals surface area (Å²) >= 11 is 8.53. The van der Waals surface area contributed by atoms with E-state index in [0.29, 0.717) is 11.6 Å². The van der Waals surface area contributed by atoms with E-state index in [2.05, 4.69) is 34.9 Å². The Balaban J connectivity index is 0.000000202. The zero-order valence-corrected chi connectivity index (χ0v) is 22.0. The molecule has 182 valence electrons. The molecule has 2 N–H and O–H groups in total. The van der Waals surface area contributed by atoms with E-state index >= 15 is 0 Å². The van der Waals surface area contributed by atoms with Crippen molar-refractivity contribution in [2.24, 2.45) is 17.2 Å². The predicted molar refractivity (Wildman–Crippen MR) is 143 cm³/mol. The van der Waals surface area contributed by atoms with E-state index < -0.39 is 0 Å². The van der Waals surface area contributed by atoms with E-state index in [4.69, 9.17) is 21.7 Å². The molecule has 1 aliphatic carbocycles. The van der Waals surface area contributed by atoms with Crippen LogP contribution in [0.4, 0.5) is 4.39 Å². The average molecular weight is 521 g/mol. The van der Waals surface area contributed by atoms with Crippen molar-refractivity contribution in [3.05, 3.63) is 75.3 Å². The zero-order chi connectivity index (χ0) is 24.5. The van der Waals surface area contributed by atoms with Gasteiger partial charge in [-0.3, -0.25) is 14.8 Å². The maximum atomic E-state index is 12.1. The molecular weight excluding hydrogens is 491 g/mol. The quantitative estimate of drug-likeness (QED) is 0.417. The smallest absolute Gasteiger partial charge is 0.165 e. The summed E-state index contributed by atoms with van der Waals surface area (Å²) in [6.07, 6.45) is 7.47. The van der Waals surface area contributed by atoms with Crippen LogP contribution < -0.4 is 5.14 Å². The molecule has 0 atom stereocenters. The summed E-state index contributed by atoms with van der Waals surface area (Å²) in [5.41, 5.74) is 3.55. The van der Waals surface area contributed by atoms with Crippen LogP contribution in [-0.2, 0) is 7.05 Å². The van der Waals surface area contributed by atoms with Crippen molar-refractivity contribution in [1.29, 1.82) is 0 Å². The minimum Gasteiger partial charge on any atom is -0.328 e. The van der Waals surface area contributed by atoms with Crippen LogP contribution in [0.2, 0.25) is 5.02 Å². The summed E-state index contributed by atoms with van der Waals surface area (Å²) in [6, 6.07) is 7.87. The van der Waals surface area contributed by atoms with Crippen LogP contribution in [0.5, 0.6) is 0 Å². The average Bonchev–Trinajstić information content (AvgIpc) is 3.33. The first-order valence-corrected chi connectivity index (χ1v) is 13.4. The van der Waals surface area contributed by atoms with Crippen molar-refractivity contribution in [2.75, 3.05) is 13.1 Å². The van der Waals surface area contributed by atoms with E-state index in [1.165, 1.54) is 48.2 Å². The van der Waals surface area contributed by atoms with Crippen molar-refractivity contribution in [2.45, 2.75) is 38.4 Å². The van der Waals surface area contributed by atoms with Gasteiger partial charge in [-0.1, -0.05) is 36.5 Å². The van der Waals surface area contributed by atoms with Crippen molar-refractivity contribution >= 4 is 46.3 Å². The number of hydrogen-bond donors (Lipinski definition) is 1. The molecule has 5 rings (SSSR count). The Morgan fingerprint density at radius 1 is 1.26 bits per heavy atom. The molecule has 1 fully saturated rings. The first-order valence-electron chi connectivity index (χ1n) is 11.2. The Bertz CT molecular complexity index is 1090. The monoisotopic (exact) mass is 520 g/mol. The van der Waals surface area contributed by atoms with Gasteiger partial charge in [-0.05, 0) is 50.5 Å². The number of aliphatic imine (C=N–C) groups is 1. The van der Waals surface area contributed by atoms with Crippen LogP contribution >= 0.6 is 34.9 Å². The van der Waals surface area contributed by atoms with Gasteiger partial charge in [-0.25, -0.2) is 9.37 Å². The molecule has 1 aromatic carbocycles. The molecule has 3 aromatic rings. The van der Waals surface area contributed by atoms with E-state index in [1.807, 2.05) is 29.5 Å². The standard InChI is InChI=1S/C15H19N5S.C6H4ClF.C3H7NS/c1-4-13-11(12-6-8-19(3)18-12)10-17-14(20(13)5-2)15-16-7-9-21-15;7-5-2-1-3-6(8)4-5;4-5-3-1-2-3/h6-9H,4-5,10H2,1-3H3;1-4H;3H,1-2,4H2. The number of thiazole rings is 1. The van der Waals surface area contributed by atoms with Crippen molar-refractivity contribution in [3.63, 3.8) is 0 Å². The van der Waals surface area contributed by atoms with Gasteiger partial charge in [0.05, 0.1) is 12.2 Å². The number of aromatic nitrogens is 3. The number of benzene rings is 1. The number of aryl methyl sites for hydroxylation is 1. The highest BCUT2D eigenvalue weighted by molar-refractivity contribution is 7.97. The highest BCUT2D eigenvalue weighted by atomic mass is 35.5. The van der Waals surface area contributed by atoms with E-state index in [-0.39, 0.29) is 5.82 Å². The van der Waals surface area contributed by atoms with Crippen molar-refractivity contribution in [3.8, 4) is 0 Å². The second-order valence-corrected chi connectivity index (χ2v) is 9.92. The van der Waals surface area contributed by atoms with Gasteiger partial charge in [0, 0.05) is 52.9 Å². The lowest BCUT2D eigenvalue weighted by atomic mass is 10.1. The highest BCUT2D eigenvalue weighted by Crippen LogP contribution is 2.30. The lowest BCUT2D eigenvalue weighted by Gasteiger charge is -2.31. The van der Waals surface area contributed by atoms with Crippen molar-refractivity contribution < 1.29 is 4.39 Å². The Morgan fingerprint density at radius 2 is 2.06 bits per heavy atom. The summed E-state index contributed by atoms with van der Waals surface area (Å²) in [4.78, 5) is 11.5. The number of halogens is 2. The summed E-state index contributed by atoms with van der Waals surface area (Å²) in [5.74, 6) is 0.696. The maximum absolute atomic E-state index is 12.1. The van der Waals surface area contributed by atoms with Gasteiger partial charge in [0.1, 0.15) is 5.82 Å². The zero-order valence-electron chi connectivity index (χ0n) is 19.6. The lowest BCUT2D eigenvalue weighted by molar-refractivity contribution is 0.515. The third kappa shape index (κ3) is 7.40. The summed E-state index contributed by atoms with van der Waals surface area (Å²) in [5, 5.41) is 13.9. The molecule has 1 saturated carbocycles. The Kier molecular flexibility index (Phi) is 10.1.